The van der Waals surface area contributed by atoms with E-state index in [1.54, 1.807) is 25.1 Å². The summed E-state index contributed by atoms with van der Waals surface area (Å²) in [6.07, 6.45) is 0.666. The van der Waals surface area contributed by atoms with Crippen LogP contribution in [0.15, 0.2) is 30.3 Å². The first kappa shape index (κ1) is 19.1. The molecule has 4 nitrogen and oxygen atoms in total. The Bertz CT molecular complexity index is 944. The topological polar surface area (TPSA) is 44.9 Å². The molecule has 1 N–H and O–H groups in total. The highest BCUT2D eigenvalue weighted by molar-refractivity contribution is 5.89. The number of nitrogens with zero attached hydrogens (tertiary/aromatic N) is 2. The van der Waals surface area contributed by atoms with Crippen molar-refractivity contribution in [2.24, 2.45) is 0 Å². The maximum Gasteiger partial charge on any atom is 0.190 e. The zero-order valence-corrected chi connectivity index (χ0v) is 15.8. The van der Waals surface area contributed by atoms with E-state index in [1.807, 2.05) is 24.0 Å². The second kappa shape index (κ2) is 7.13. The van der Waals surface area contributed by atoms with E-state index >= 15 is 0 Å². The zero-order chi connectivity index (χ0) is 19.8. The Morgan fingerprint density at radius 3 is 2.70 bits per heavy atom. The summed E-state index contributed by atoms with van der Waals surface area (Å²) in [6.45, 7) is 12.9. The van der Waals surface area contributed by atoms with Crippen molar-refractivity contribution in [1.29, 1.82) is 0 Å². The van der Waals surface area contributed by atoms with Crippen molar-refractivity contribution in [3.05, 3.63) is 69.8 Å². The van der Waals surface area contributed by atoms with Gasteiger partial charge >= 0.3 is 0 Å². The Morgan fingerprint density at radius 1 is 1.30 bits per heavy atom. The predicted octanol–water partition coefficient (Wildman–Crippen LogP) is 3.92. The molecule has 0 bridgehead atoms. The van der Waals surface area contributed by atoms with Gasteiger partial charge in [-0.1, -0.05) is 24.3 Å². The third kappa shape index (κ3) is 3.72. The molecule has 0 radical (unpaired) electrons. The number of halogens is 1. The van der Waals surface area contributed by atoms with Crippen LogP contribution in [0.5, 0.6) is 0 Å². The molecular formula is C22H23FN2O2. The van der Waals surface area contributed by atoms with Crippen LogP contribution in [0.4, 0.5) is 15.8 Å². The fourth-order valence-electron chi connectivity index (χ4n) is 3.58. The fraction of sp³-hybridized carbons (Fsp3) is 0.364. The zero-order valence-electron chi connectivity index (χ0n) is 15.8. The lowest BCUT2D eigenvalue weighted by molar-refractivity contribution is -0.134. The number of hydrogen-bond donors (Lipinski definition) is 1. The lowest BCUT2D eigenvalue weighted by Gasteiger charge is -2.29. The van der Waals surface area contributed by atoms with Gasteiger partial charge < -0.3 is 10.0 Å². The molecule has 0 unspecified atom stereocenters. The number of rotatable bonds is 5. The Morgan fingerprint density at radius 2 is 2.04 bits per heavy atom. The van der Waals surface area contributed by atoms with Gasteiger partial charge in [0.05, 0.1) is 13.1 Å². The van der Waals surface area contributed by atoms with Gasteiger partial charge in [-0.15, -0.1) is 0 Å². The van der Waals surface area contributed by atoms with E-state index in [9.17, 15) is 14.3 Å². The number of aryl methyl sites for hydroxylation is 2. The molecular weight excluding hydrogens is 343 g/mol. The lowest BCUT2D eigenvalue weighted by Crippen LogP contribution is -2.47. The van der Waals surface area contributed by atoms with Gasteiger partial charge in [0, 0.05) is 24.2 Å². The normalized spacial score (nSPS) is 15.2. The summed E-state index contributed by atoms with van der Waals surface area (Å²) < 4.78 is 14.3. The number of anilines is 1. The smallest absolute Gasteiger partial charge is 0.190 e. The molecule has 1 aliphatic rings. The average Bonchev–Trinajstić information content (AvgIpc) is 3.01. The van der Waals surface area contributed by atoms with Gasteiger partial charge in [0.1, 0.15) is 11.4 Å². The first-order valence-corrected chi connectivity index (χ1v) is 8.98. The molecule has 2 aromatic carbocycles. The van der Waals surface area contributed by atoms with Crippen molar-refractivity contribution >= 4 is 17.2 Å². The van der Waals surface area contributed by atoms with Crippen LogP contribution in [0.1, 0.15) is 29.2 Å². The second-order valence-electron chi connectivity index (χ2n) is 7.47. The van der Waals surface area contributed by atoms with Crippen molar-refractivity contribution in [3.63, 3.8) is 0 Å². The van der Waals surface area contributed by atoms with Crippen LogP contribution < -0.4 is 4.90 Å². The molecule has 1 atom stereocenters. The van der Waals surface area contributed by atoms with E-state index in [0.29, 0.717) is 29.8 Å². The molecule has 3 rings (SSSR count). The number of carbonyl (C=O) groups is 1. The highest BCUT2D eigenvalue weighted by Gasteiger charge is 2.35. The van der Waals surface area contributed by atoms with E-state index in [-0.39, 0.29) is 24.6 Å². The summed E-state index contributed by atoms with van der Waals surface area (Å²) in [4.78, 5) is 18.0. The summed E-state index contributed by atoms with van der Waals surface area (Å²) >= 11 is 0. The van der Waals surface area contributed by atoms with E-state index in [4.69, 9.17) is 6.57 Å². The summed E-state index contributed by atoms with van der Waals surface area (Å²) in [7, 11) is 0. The Hall–Kier alpha value is -2.71. The van der Waals surface area contributed by atoms with Gasteiger partial charge in [0.25, 0.3) is 0 Å². The molecule has 2 aromatic rings. The molecule has 1 aliphatic heterocycles. The molecule has 1 heterocycles. The molecule has 0 aromatic heterocycles. The summed E-state index contributed by atoms with van der Waals surface area (Å²) in [5.74, 6) is -0.491. The van der Waals surface area contributed by atoms with Crippen LogP contribution in [0.25, 0.3) is 4.85 Å². The average molecular weight is 366 g/mol. The fourth-order valence-corrected chi connectivity index (χ4v) is 3.58. The van der Waals surface area contributed by atoms with Crippen LogP contribution in [0.3, 0.4) is 0 Å². The van der Waals surface area contributed by atoms with E-state index < -0.39 is 5.60 Å². The minimum Gasteiger partial charge on any atom is -0.380 e. The van der Waals surface area contributed by atoms with Gasteiger partial charge in [0.2, 0.25) is 0 Å². The Kier molecular flexibility index (Phi) is 5.03. The molecule has 140 valence electrons. The van der Waals surface area contributed by atoms with Crippen molar-refractivity contribution in [2.75, 3.05) is 18.0 Å². The van der Waals surface area contributed by atoms with Crippen molar-refractivity contribution in [1.82, 2.24) is 0 Å². The number of Topliss-reactive ketones (excluding diaryl/α,β-unsaturated/α-hetero) is 1. The standard InChI is InChI=1S/C22H23FN2O2/c1-14-5-8-19-17(21(14)23)9-10-25(19)13-22(3,27)20(26)12-16-6-7-18(24-4)15(2)11-16/h5-8,11,27H,9-10,12-13H2,1-3H3/t22-/m0/s1. The molecule has 0 spiro atoms. The molecule has 27 heavy (non-hydrogen) atoms. The Balaban J connectivity index is 1.74. The first-order valence-electron chi connectivity index (χ1n) is 8.98. The lowest BCUT2D eigenvalue weighted by atomic mass is 9.93. The van der Waals surface area contributed by atoms with Crippen molar-refractivity contribution in [3.8, 4) is 0 Å². The van der Waals surface area contributed by atoms with Crippen LogP contribution in [0, 0.1) is 26.2 Å². The Labute approximate surface area is 159 Å². The predicted molar refractivity (Wildman–Crippen MR) is 104 cm³/mol. The van der Waals surface area contributed by atoms with Gasteiger partial charge in [-0.25, -0.2) is 9.24 Å². The molecule has 0 saturated heterocycles. The van der Waals surface area contributed by atoms with Crippen molar-refractivity contribution < 1.29 is 14.3 Å². The minimum atomic E-state index is -1.55. The molecule has 0 aliphatic carbocycles. The third-order valence-corrected chi connectivity index (χ3v) is 5.23. The summed E-state index contributed by atoms with van der Waals surface area (Å²) in [6, 6.07) is 8.84. The molecule has 5 heteroatoms. The van der Waals surface area contributed by atoms with E-state index in [0.717, 1.165) is 16.8 Å². The molecule has 0 saturated carbocycles. The maximum atomic E-state index is 14.3. The quantitative estimate of drug-likeness (QED) is 0.816. The number of fused-ring (bicyclic) bond motifs is 1. The van der Waals surface area contributed by atoms with Crippen molar-refractivity contribution in [2.45, 2.75) is 39.2 Å². The van der Waals surface area contributed by atoms with Gasteiger partial charge in [-0.05, 0) is 49.9 Å². The summed E-state index contributed by atoms with van der Waals surface area (Å²) in [5.41, 5.74) is 2.62. The van der Waals surface area contributed by atoms with Crippen LogP contribution in [-0.4, -0.2) is 29.6 Å². The van der Waals surface area contributed by atoms with E-state index in [2.05, 4.69) is 4.85 Å². The number of β-amino-alcohol motifs (C(OH)–C–C–N with tert-alkyl or cyclic N) is 1. The number of aliphatic hydroxyl groups is 1. The second-order valence-corrected chi connectivity index (χ2v) is 7.47. The molecule has 0 fully saturated rings. The first-order chi connectivity index (χ1) is 12.7. The monoisotopic (exact) mass is 366 g/mol. The minimum absolute atomic E-state index is 0.0923. The molecule has 0 amide bonds. The number of carbonyl (C=O) groups excluding carboxylic acids is 1. The van der Waals surface area contributed by atoms with E-state index in [1.165, 1.54) is 6.92 Å². The maximum absolute atomic E-state index is 14.3. The summed E-state index contributed by atoms with van der Waals surface area (Å²) in [5, 5.41) is 10.8. The van der Waals surface area contributed by atoms with Gasteiger partial charge in [-0.3, -0.25) is 4.79 Å². The van der Waals surface area contributed by atoms with Crippen LogP contribution >= 0.6 is 0 Å². The van der Waals surface area contributed by atoms with Gasteiger partial charge in [-0.2, -0.15) is 0 Å². The largest absolute Gasteiger partial charge is 0.380 e. The highest BCUT2D eigenvalue weighted by atomic mass is 19.1. The van der Waals surface area contributed by atoms with Crippen LogP contribution in [0.2, 0.25) is 0 Å². The number of hydrogen-bond acceptors (Lipinski definition) is 3. The third-order valence-electron chi connectivity index (χ3n) is 5.23. The highest BCUT2D eigenvalue weighted by Crippen LogP contribution is 2.33. The SMILES string of the molecule is [C-]#[N+]c1ccc(CC(=O)[C@@](C)(O)CN2CCc3c2ccc(C)c3F)cc1C. The number of benzene rings is 2. The van der Waals surface area contributed by atoms with Crippen LogP contribution in [-0.2, 0) is 17.6 Å². The van der Waals surface area contributed by atoms with Gasteiger partial charge in [0.15, 0.2) is 11.5 Å². The number of ketones is 1.